The minimum Gasteiger partial charge on any atom is -0.497 e. The second-order valence-electron chi connectivity index (χ2n) is 7.74. The third-order valence-corrected chi connectivity index (χ3v) is 5.73. The number of nitrogens with one attached hydrogen (secondary N) is 1. The van der Waals surface area contributed by atoms with E-state index in [1.165, 1.54) is 6.42 Å². The van der Waals surface area contributed by atoms with Gasteiger partial charge in [-0.25, -0.2) is 0 Å². The maximum atomic E-state index is 12.4. The van der Waals surface area contributed by atoms with Crippen molar-refractivity contribution in [3.8, 4) is 5.75 Å². The lowest BCUT2D eigenvalue weighted by Crippen LogP contribution is -2.43. The Balaban J connectivity index is 1.56. The Labute approximate surface area is 166 Å². The summed E-state index contributed by atoms with van der Waals surface area (Å²) >= 11 is 0. The summed E-state index contributed by atoms with van der Waals surface area (Å²) < 4.78 is 10.5. The molecule has 0 aromatic heterocycles. The van der Waals surface area contributed by atoms with Gasteiger partial charge in [0, 0.05) is 6.04 Å². The Morgan fingerprint density at radius 3 is 2.57 bits per heavy atom. The molecule has 3 rings (SSSR count). The molecule has 1 N–H and O–H groups in total. The fourth-order valence-corrected chi connectivity index (χ4v) is 3.82. The summed E-state index contributed by atoms with van der Waals surface area (Å²) in [6.07, 6.45) is 4.49. The average molecular weight is 383 g/mol. The van der Waals surface area contributed by atoms with Crippen molar-refractivity contribution < 1.29 is 19.1 Å². The summed E-state index contributed by atoms with van der Waals surface area (Å²) in [4.78, 5) is 24.6. The summed E-state index contributed by atoms with van der Waals surface area (Å²) in [6, 6.07) is 11.9. The molecule has 1 fully saturated rings. The first-order chi connectivity index (χ1) is 13.5. The van der Waals surface area contributed by atoms with Crippen LogP contribution in [-0.4, -0.2) is 31.6 Å². The Kier molecular flexibility index (Phi) is 6.55. The van der Waals surface area contributed by atoms with Crippen LogP contribution in [0.2, 0.25) is 0 Å². The molecule has 0 spiro atoms. The summed E-state index contributed by atoms with van der Waals surface area (Å²) in [5, 5.41) is 5.09. The molecule has 0 unspecified atom stereocenters. The van der Waals surface area contributed by atoms with Crippen molar-refractivity contribution in [1.82, 2.24) is 5.32 Å². The summed E-state index contributed by atoms with van der Waals surface area (Å²) in [7, 11) is 1.64. The third kappa shape index (κ3) is 4.83. The number of amides is 1. The largest absolute Gasteiger partial charge is 0.497 e. The molecule has 1 aliphatic rings. The van der Waals surface area contributed by atoms with Crippen LogP contribution < -0.4 is 10.1 Å². The second-order valence-corrected chi connectivity index (χ2v) is 7.74. The van der Waals surface area contributed by atoms with Crippen molar-refractivity contribution in [2.24, 2.45) is 5.92 Å². The molecule has 0 heterocycles. The van der Waals surface area contributed by atoms with Crippen LogP contribution >= 0.6 is 0 Å². The number of fused-ring (bicyclic) bond motifs is 1. The molecule has 1 amide bonds. The number of carbonyl (C=O) groups excluding carboxylic acids is 2. The van der Waals surface area contributed by atoms with Gasteiger partial charge in [0.15, 0.2) is 6.61 Å². The van der Waals surface area contributed by atoms with Gasteiger partial charge < -0.3 is 14.8 Å². The topological polar surface area (TPSA) is 64.6 Å². The van der Waals surface area contributed by atoms with E-state index in [1.807, 2.05) is 36.4 Å². The SMILES string of the molecule is COc1ccc2cc([C@H](C)C(=O)OCC(=O)N[C@@H]3CCCC[C@H]3C)ccc2c1. The summed E-state index contributed by atoms with van der Waals surface area (Å²) in [5.41, 5.74) is 0.865. The molecular weight excluding hydrogens is 354 g/mol. The van der Waals surface area contributed by atoms with E-state index in [0.29, 0.717) is 5.92 Å². The van der Waals surface area contributed by atoms with E-state index < -0.39 is 5.92 Å². The molecule has 0 aliphatic heterocycles. The van der Waals surface area contributed by atoms with Crippen LogP contribution in [0.5, 0.6) is 5.75 Å². The molecule has 3 atom stereocenters. The van der Waals surface area contributed by atoms with Gasteiger partial charge in [0.25, 0.3) is 5.91 Å². The van der Waals surface area contributed by atoms with Gasteiger partial charge in [0.1, 0.15) is 5.75 Å². The Hall–Kier alpha value is -2.56. The average Bonchev–Trinajstić information content (AvgIpc) is 2.72. The number of rotatable bonds is 6. The van der Waals surface area contributed by atoms with E-state index in [1.54, 1.807) is 14.0 Å². The quantitative estimate of drug-likeness (QED) is 0.760. The first-order valence-corrected chi connectivity index (χ1v) is 10.0. The zero-order chi connectivity index (χ0) is 20.1. The van der Waals surface area contributed by atoms with Crippen LogP contribution in [0.25, 0.3) is 10.8 Å². The van der Waals surface area contributed by atoms with Crippen LogP contribution in [0.3, 0.4) is 0 Å². The van der Waals surface area contributed by atoms with E-state index in [4.69, 9.17) is 9.47 Å². The number of hydrogen-bond acceptors (Lipinski definition) is 4. The summed E-state index contributed by atoms with van der Waals surface area (Å²) in [6.45, 7) is 3.73. The van der Waals surface area contributed by atoms with Gasteiger partial charge in [-0.2, -0.15) is 0 Å². The Bertz CT molecular complexity index is 848. The lowest BCUT2D eigenvalue weighted by Gasteiger charge is -2.29. The number of benzene rings is 2. The molecule has 0 saturated heterocycles. The normalized spacial score (nSPS) is 20.4. The van der Waals surface area contributed by atoms with E-state index >= 15 is 0 Å². The smallest absolute Gasteiger partial charge is 0.313 e. The van der Waals surface area contributed by atoms with Gasteiger partial charge in [-0.15, -0.1) is 0 Å². The lowest BCUT2D eigenvalue weighted by atomic mass is 9.86. The number of esters is 1. The third-order valence-electron chi connectivity index (χ3n) is 5.73. The number of hydrogen-bond donors (Lipinski definition) is 1. The standard InChI is InChI=1S/C23H29NO4/c1-15-6-4-5-7-21(15)24-22(25)14-28-23(26)16(2)17-8-9-19-13-20(27-3)11-10-18(19)12-17/h8-13,15-16,21H,4-7,14H2,1-3H3,(H,24,25)/t15-,16+,21-/m1/s1. The highest BCUT2D eigenvalue weighted by atomic mass is 16.5. The number of methoxy groups -OCH3 is 1. The monoisotopic (exact) mass is 383 g/mol. The fraction of sp³-hybridized carbons (Fsp3) is 0.478. The molecule has 5 nitrogen and oxygen atoms in total. The highest BCUT2D eigenvalue weighted by Gasteiger charge is 2.24. The fourth-order valence-electron chi connectivity index (χ4n) is 3.82. The van der Waals surface area contributed by atoms with Gasteiger partial charge in [-0.1, -0.05) is 44.0 Å². The van der Waals surface area contributed by atoms with Crippen LogP contribution in [-0.2, 0) is 14.3 Å². The van der Waals surface area contributed by atoms with E-state index in [-0.39, 0.29) is 24.5 Å². The zero-order valence-electron chi connectivity index (χ0n) is 16.9. The molecule has 2 aromatic rings. The molecule has 0 bridgehead atoms. The minimum atomic E-state index is -0.437. The van der Waals surface area contributed by atoms with Gasteiger partial charge in [0.2, 0.25) is 0 Å². The van der Waals surface area contributed by atoms with E-state index in [9.17, 15) is 9.59 Å². The van der Waals surface area contributed by atoms with Gasteiger partial charge >= 0.3 is 5.97 Å². The van der Waals surface area contributed by atoms with Crippen LogP contribution in [0, 0.1) is 5.92 Å². The summed E-state index contributed by atoms with van der Waals surface area (Å²) in [5.74, 6) is 0.229. The van der Waals surface area contributed by atoms with Crippen molar-refractivity contribution in [3.05, 3.63) is 42.0 Å². The molecule has 0 radical (unpaired) electrons. The Morgan fingerprint density at radius 1 is 1.11 bits per heavy atom. The van der Waals surface area contributed by atoms with Gasteiger partial charge in [-0.3, -0.25) is 9.59 Å². The predicted octanol–water partition coefficient (Wildman–Crippen LogP) is 4.19. The Morgan fingerprint density at radius 2 is 1.82 bits per heavy atom. The molecule has 150 valence electrons. The van der Waals surface area contributed by atoms with Crippen LogP contribution in [0.1, 0.15) is 51.0 Å². The maximum absolute atomic E-state index is 12.4. The first-order valence-electron chi connectivity index (χ1n) is 10.0. The highest BCUT2D eigenvalue weighted by molar-refractivity contribution is 5.87. The molecule has 1 saturated carbocycles. The van der Waals surface area contributed by atoms with E-state index in [2.05, 4.69) is 12.2 Å². The van der Waals surface area contributed by atoms with Crippen molar-refractivity contribution in [3.63, 3.8) is 0 Å². The van der Waals surface area contributed by atoms with E-state index in [0.717, 1.165) is 41.3 Å². The van der Waals surface area contributed by atoms with Crippen LogP contribution in [0.4, 0.5) is 0 Å². The first kappa shape index (κ1) is 20.2. The van der Waals surface area contributed by atoms with Crippen molar-refractivity contribution in [1.29, 1.82) is 0 Å². The molecule has 2 aromatic carbocycles. The highest BCUT2D eigenvalue weighted by Crippen LogP contribution is 2.26. The van der Waals surface area contributed by atoms with Gasteiger partial charge in [-0.05, 0) is 54.2 Å². The lowest BCUT2D eigenvalue weighted by molar-refractivity contribution is -0.150. The minimum absolute atomic E-state index is 0.190. The number of carbonyl (C=O) groups is 2. The molecule has 28 heavy (non-hydrogen) atoms. The van der Waals surface area contributed by atoms with Gasteiger partial charge in [0.05, 0.1) is 13.0 Å². The van der Waals surface area contributed by atoms with Crippen LogP contribution in [0.15, 0.2) is 36.4 Å². The molecule has 1 aliphatic carbocycles. The van der Waals surface area contributed by atoms with Crippen molar-refractivity contribution in [2.75, 3.05) is 13.7 Å². The van der Waals surface area contributed by atoms with Crippen molar-refractivity contribution >= 4 is 22.6 Å². The maximum Gasteiger partial charge on any atom is 0.313 e. The second kappa shape index (κ2) is 9.09. The predicted molar refractivity (Wildman–Crippen MR) is 109 cm³/mol. The zero-order valence-corrected chi connectivity index (χ0v) is 16.9. The molecule has 5 heteroatoms. The van der Waals surface area contributed by atoms with Crippen molar-refractivity contribution in [2.45, 2.75) is 51.5 Å². The number of ether oxygens (including phenoxy) is 2. The molecular formula is C23H29NO4.